The largest absolute Gasteiger partial charge is 0.462 e. The molecule has 1 saturated carbocycles. The summed E-state index contributed by atoms with van der Waals surface area (Å²) in [4.78, 5) is 25.1. The summed E-state index contributed by atoms with van der Waals surface area (Å²) >= 11 is 0. The Kier molecular flexibility index (Phi) is 8.12. The summed E-state index contributed by atoms with van der Waals surface area (Å²) in [5.41, 5.74) is 0.252. The van der Waals surface area contributed by atoms with Crippen LogP contribution in [0.3, 0.4) is 0 Å². The average Bonchev–Trinajstić information content (AvgIpc) is 2.60. The van der Waals surface area contributed by atoms with Crippen molar-refractivity contribution < 1.29 is 19.1 Å². The maximum Gasteiger partial charge on any atom is 0.408 e. The van der Waals surface area contributed by atoms with Gasteiger partial charge in [-0.2, -0.15) is 0 Å². The second-order valence-corrected chi connectivity index (χ2v) is 9.67. The maximum atomic E-state index is 12.8. The number of hydrogen-bond donors (Lipinski definition) is 1. The highest BCUT2D eigenvalue weighted by atomic mass is 16.6. The minimum Gasteiger partial charge on any atom is -0.462 e. The van der Waals surface area contributed by atoms with Crippen LogP contribution in [0.25, 0.3) is 0 Å². The third kappa shape index (κ3) is 7.71. The number of rotatable bonds is 6. The van der Waals surface area contributed by atoms with E-state index in [9.17, 15) is 9.59 Å². The number of carbonyl (C=O) groups is 2. The van der Waals surface area contributed by atoms with E-state index in [2.05, 4.69) is 26.1 Å². The van der Waals surface area contributed by atoms with Crippen LogP contribution in [0.4, 0.5) is 4.79 Å². The molecule has 0 aromatic heterocycles. The Morgan fingerprint density at radius 2 is 1.79 bits per heavy atom. The Hall–Kier alpha value is -2.04. The van der Waals surface area contributed by atoms with Crippen LogP contribution in [0, 0.1) is 17.8 Å². The van der Waals surface area contributed by atoms with Crippen molar-refractivity contribution in [3.8, 4) is 0 Å². The summed E-state index contributed by atoms with van der Waals surface area (Å²) in [6, 6.07) is 8.99. The first-order valence-corrected chi connectivity index (χ1v) is 10.8. The van der Waals surface area contributed by atoms with Crippen LogP contribution in [-0.4, -0.2) is 23.8 Å². The Balaban J connectivity index is 2.07. The van der Waals surface area contributed by atoms with Gasteiger partial charge in [-0.05, 0) is 56.9 Å². The normalized spacial score (nSPS) is 23.3. The number of benzene rings is 1. The fourth-order valence-electron chi connectivity index (χ4n) is 4.02. The highest BCUT2D eigenvalue weighted by Crippen LogP contribution is 2.35. The van der Waals surface area contributed by atoms with Crippen molar-refractivity contribution in [3.63, 3.8) is 0 Å². The number of alkyl carbamates (subject to hydrolysis) is 1. The fraction of sp³-hybridized carbons (Fsp3) is 0.667. The molecule has 5 nitrogen and oxygen atoms in total. The van der Waals surface area contributed by atoms with Gasteiger partial charge in [-0.25, -0.2) is 4.79 Å². The monoisotopic (exact) mass is 403 g/mol. The molecular weight excluding hydrogens is 366 g/mol. The van der Waals surface area contributed by atoms with E-state index in [-0.39, 0.29) is 18.5 Å². The molecule has 29 heavy (non-hydrogen) atoms. The minimum atomic E-state index is -0.603. The molecule has 4 atom stereocenters. The predicted molar refractivity (Wildman–Crippen MR) is 114 cm³/mol. The second kappa shape index (κ2) is 10.1. The number of amides is 1. The summed E-state index contributed by atoms with van der Waals surface area (Å²) in [6.45, 7) is 12.0. The number of ether oxygens (including phenoxy) is 2. The maximum absolute atomic E-state index is 12.8. The molecule has 0 bridgehead atoms. The third-order valence-electron chi connectivity index (χ3n) is 5.51. The smallest absolute Gasteiger partial charge is 0.408 e. The highest BCUT2D eigenvalue weighted by molar-refractivity contribution is 5.73. The molecule has 1 aromatic carbocycles. The van der Waals surface area contributed by atoms with Gasteiger partial charge in [0.2, 0.25) is 0 Å². The van der Waals surface area contributed by atoms with E-state index >= 15 is 0 Å². The molecular formula is C24H37NO4. The SMILES string of the molecule is CC1CC[C@@H](C(C)C)C(OC(=O)CC(NC(=O)OC(C)(C)C)c2ccccc2)C1. The Morgan fingerprint density at radius 3 is 2.38 bits per heavy atom. The zero-order chi connectivity index (χ0) is 21.6. The second-order valence-electron chi connectivity index (χ2n) is 9.67. The van der Waals surface area contributed by atoms with E-state index in [0.717, 1.165) is 18.4 Å². The Labute approximate surface area is 175 Å². The molecule has 1 aromatic rings. The van der Waals surface area contributed by atoms with Gasteiger partial charge < -0.3 is 14.8 Å². The van der Waals surface area contributed by atoms with Gasteiger partial charge in [0.15, 0.2) is 0 Å². The molecule has 0 heterocycles. The highest BCUT2D eigenvalue weighted by Gasteiger charge is 2.34. The van der Waals surface area contributed by atoms with Crippen LogP contribution in [0.1, 0.15) is 78.8 Å². The van der Waals surface area contributed by atoms with Gasteiger partial charge >= 0.3 is 12.1 Å². The first-order chi connectivity index (χ1) is 13.5. The van der Waals surface area contributed by atoms with Crippen molar-refractivity contribution in [2.75, 3.05) is 0 Å². The van der Waals surface area contributed by atoms with Crippen molar-refractivity contribution in [3.05, 3.63) is 35.9 Å². The third-order valence-corrected chi connectivity index (χ3v) is 5.51. The van der Waals surface area contributed by atoms with Crippen molar-refractivity contribution in [1.82, 2.24) is 5.32 Å². The molecule has 162 valence electrons. The van der Waals surface area contributed by atoms with E-state index in [4.69, 9.17) is 9.47 Å². The predicted octanol–water partition coefficient (Wildman–Crippen LogP) is 5.65. The lowest BCUT2D eigenvalue weighted by Gasteiger charge is -2.37. The van der Waals surface area contributed by atoms with Gasteiger partial charge in [-0.15, -0.1) is 0 Å². The average molecular weight is 404 g/mol. The molecule has 0 spiro atoms. The molecule has 0 aliphatic heterocycles. The van der Waals surface area contributed by atoms with Gasteiger partial charge in [0.25, 0.3) is 0 Å². The van der Waals surface area contributed by atoms with Crippen LogP contribution in [0.5, 0.6) is 0 Å². The molecule has 1 N–H and O–H groups in total. The van der Waals surface area contributed by atoms with E-state index < -0.39 is 17.7 Å². The number of hydrogen-bond acceptors (Lipinski definition) is 4. The van der Waals surface area contributed by atoms with Crippen molar-refractivity contribution in [2.24, 2.45) is 17.8 Å². The minimum absolute atomic E-state index is 0.0517. The molecule has 0 radical (unpaired) electrons. The molecule has 1 amide bonds. The molecule has 5 heteroatoms. The lowest BCUT2D eigenvalue weighted by molar-refractivity contribution is -0.156. The summed E-state index contributed by atoms with van der Waals surface area (Å²) < 4.78 is 11.3. The molecule has 2 rings (SSSR count). The van der Waals surface area contributed by atoms with Gasteiger partial charge in [0, 0.05) is 0 Å². The zero-order valence-corrected chi connectivity index (χ0v) is 18.7. The van der Waals surface area contributed by atoms with Crippen molar-refractivity contribution in [2.45, 2.75) is 85.0 Å². The van der Waals surface area contributed by atoms with E-state index in [1.165, 1.54) is 6.42 Å². The molecule has 1 fully saturated rings. The first kappa shape index (κ1) is 23.2. The Bertz CT molecular complexity index is 665. The topological polar surface area (TPSA) is 64.6 Å². The molecule has 1 aliphatic rings. The summed E-state index contributed by atoms with van der Waals surface area (Å²) in [5, 5.41) is 2.84. The summed E-state index contributed by atoms with van der Waals surface area (Å²) in [6.07, 6.45) is 2.68. The zero-order valence-electron chi connectivity index (χ0n) is 18.7. The van der Waals surface area contributed by atoms with Gasteiger partial charge in [0.1, 0.15) is 11.7 Å². The fourth-order valence-corrected chi connectivity index (χ4v) is 4.02. The van der Waals surface area contributed by atoms with Crippen LogP contribution in [0.2, 0.25) is 0 Å². The van der Waals surface area contributed by atoms with Crippen LogP contribution >= 0.6 is 0 Å². The van der Waals surface area contributed by atoms with Crippen LogP contribution in [0.15, 0.2) is 30.3 Å². The molecule has 1 aliphatic carbocycles. The first-order valence-electron chi connectivity index (χ1n) is 10.8. The van der Waals surface area contributed by atoms with E-state index in [1.54, 1.807) is 0 Å². The molecule has 0 saturated heterocycles. The van der Waals surface area contributed by atoms with Crippen LogP contribution in [-0.2, 0) is 14.3 Å². The Morgan fingerprint density at radius 1 is 1.14 bits per heavy atom. The number of nitrogens with one attached hydrogen (secondary N) is 1. The van der Waals surface area contributed by atoms with Gasteiger partial charge in [0.05, 0.1) is 12.5 Å². The number of esters is 1. The lowest BCUT2D eigenvalue weighted by Crippen LogP contribution is -2.38. The van der Waals surface area contributed by atoms with E-state index in [1.807, 2.05) is 51.1 Å². The van der Waals surface area contributed by atoms with E-state index in [0.29, 0.717) is 17.8 Å². The van der Waals surface area contributed by atoms with Gasteiger partial charge in [-0.3, -0.25) is 4.79 Å². The summed E-state index contributed by atoms with van der Waals surface area (Å²) in [5.74, 6) is 1.15. The van der Waals surface area contributed by atoms with Crippen molar-refractivity contribution in [1.29, 1.82) is 0 Å². The van der Waals surface area contributed by atoms with Crippen LogP contribution < -0.4 is 5.32 Å². The molecule has 3 unspecified atom stereocenters. The van der Waals surface area contributed by atoms with Crippen molar-refractivity contribution >= 4 is 12.1 Å². The lowest BCUT2D eigenvalue weighted by atomic mass is 9.75. The quantitative estimate of drug-likeness (QED) is 0.624. The summed E-state index contributed by atoms with van der Waals surface area (Å²) in [7, 11) is 0. The standard InChI is InChI=1S/C24H37NO4/c1-16(2)19-13-12-17(3)14-21(19)28-22(26)15-20(18-10-8-7-9-11-18)25-23(27)29-24(4,5)6/h7-11,16-17,19-21H,12-15H2,1-6H3,(H,25,27)/t17?,19-,20?,21?/m0/s1. The number of carbonyl (C=O) groups excluding carboxylic acids is 2. The van der Waals surface area contributed by atoms with Gasteiger partial charge in [-0.1, -0.05) is 57.5 Å².